The van der Waals surface area contributed by atoms with Gasteiger partial charge in [0.05, 0.1) is 17.6 Å². The summed E-state index contributed by atoms with van der Waals surface area (Å²) < 4.78 is 2.72. The number of carbonyl (C=O) groups excluding carboxylic acids is 1. The lowest BCUT2D eigenvalue weighted by atomic mass is 9.96. The van der Waals surface area contributed by atoms with Crippen LogP contribution in [0.3, 0.4) is 0 Å². The van der Waals surface area contributed by atoms with E-state index in [4.69, 9.17) is 0 Å². The van der Waals surface area contributed by atoms with E-state index in [9.17, 15) is 14.9 Å². The molecule has 9 heteroatoms. The Bertz CT molecular complexity index is 1750. The highest BCUT2D eigenvalue weighted by molar-refractivity contribution is 5.85. The topological polar surface area (TPSA) is 118 Å². The fraction of sp³-hybridized carbons (Fsp3) is 0.0667. The van der Waals surface area contributed by atoms with Crippen LogP contribution in [0.15, 0.2) is 107 Å². The van der Waals surface area contributed by atoms with E-state index in [-0.39, 0.29) is 5.56 Å². The highest BCUT2D eigenvalue weighted by Gasteiger charge is 2.21. The van der Waals surface area contributed by atoms with Crippen LogP contribution in [0.2, 0.25) is 0 Å². The van der Waals surface area contributed by atoms with Gasteiger partial charge in [-0.3, -0.25) is 9.59 Å². The van der Waals surface area contributed by atoms with E-state index in [0.717, 1.165) is 21.6 Å². The number of nitrogens with one attached hydrogen (secondary N) is 1. The van der Waals surface area contributed by atoms with Gasteiger partial charge in [-0.25, -0.2) is 14.8 Å². The van der Waals surface area contributed by atoms with Crippen LogP contribution in [0.4, 0.5) is 0 Å². The summed E-state index contributed by atoms with van der Waals surface area (Å²) in [5.74, 6) is -0.565. The third-order valence-electron chi connectivity index (χ3n) is 6.02. The first-order valence-electron chi connectivity index (χ1n) is 12.1. The van der Waals surface area contributed by atoms with Crippen LogP contribution in [0.25, 0.3) is 28.1 Å². The second kappa shape index (κ2) is 11.2. The normalized spacial score (nSPS) is 10.9. The number of amides is 1. The van der Waals surface area contributed by atoms with Gasteiger partial charge >= 0.3 is 0 Å². The molecule has 0 saturated carbocycles. The smallest absolute Gasteiger partial charge is 0.271 e. The molecule has 0 fully saturated rings. The zero-order chi connectivity index (χ0) is 27.2. The number of aryl methyl sites for hydroxylation is 1. The predicted molar refractivity (Wildman–Crippen MR) is 148 cm³/mol. The number of hydrogen-bond acceptors (Lipinski definition) is 6. The molecule has 5 aromatic rings. The van der Waals surface area contributed by atoms with E-state index >= 15 is 0 Å². The minimum Gasteiger partial charge on any atom is -0.271 e. The molecule has 39 heavy (non-hydrogen) atoms. The average molecular weight is 514 g/mol. The second-order valence-electron chi connectivity index (χ2n) is 8.65. The molecule has 2 aromatic heterocycles. The Kier molecular flexibility index (Phi) is 7.19. The van der Waals surface area contributed by atoms with Crippen LogP contribution < -0.4 is 11.0 Å². The summed E-state index contributed by atoms with van der Waals surface area (Å²) in [6.07, 6.45) is 3.30. The fourth-order valence-corrected chi connectivity index (χ4v) is 4.12. The molecule has 5 rings (SSSR count). The minimum atomic E-state index is -0.657. The number of nitriles is 1. The molecule has 0 aliphatic heterocycles. The molecule has 0 aliphatic rings. The maximum absolute atomic E-state index is 13.2. The van der Waals surface area contributed by atoms with Gasteiger partial charge in [0.1, 0.15) is 23.9 Å². The second-order valence-corrected chi connectivity index (χ2v) is 8.65. The Morgan fingerprint density at radius 3 is 2.21 bits per heavy atom. The van der Waals surface area contributed by atoms with Crippen LogP contribution >= 0.6 is 0 Å². The fourth-order valence-electron chi connectivity index (χ4n) is 4.12. The maximum atomic E-state index is 13.2. The summed E-state index contributed by atoms with van der Waals surface area (Å²) in [5, 5.41) is 23.0. The summed E-state index contributed by atoms with van der Waals surface area (Å²) in [6, 6.07) is 30.0. The first-order valence-corrected chi connectivity index (χ1v) is 12.1. The standard InChI is InChI=1S/C30H23N7O2/c1-21-24(19-36(34-21)25-15-9-4-10-16-25)18-32-33-27(38)20-37-30(39)26(17-31)28(22-11-5-2-6-12-22)29(35-37)23-13-7-3-8-14-23/h2-16,18-19H,20H2,1H3,(H,33,38). The van der Waals surface area contributed by atoms with Gasteiger partial charge in [-0.2, -0.15) is 20.6 Å². The summed E-state index contributed by atoms with van der Waals surface area (Å²) in [5.41, 5.74) is 6.30. The van der Waals surface area contributed by atoms with Crippen molar-refractivity contribution < 1.29 is 4.79 Å². The lowest BCUT2D eigenvalue weighted by Gasteiger charge is -2.14. The van der Waals surface area contributed by atoms with Gasteiger partial charge in [-0.1, -0.05) is 78.9 Å². The molecule has 0 radical (unpaired) electrons. The average Bonchev–Trinajstić information content (AvgIpc) is 3.35. The highest BCUT2D eigenvalue weighted by atomic mass is 16.2. The van der Waals surface area contributed by atoms with E-state index in [2.05, 4.69) is 20.7 Å². The van der Waals surface area contributed by atoms with Crippen LogP contribution in [0.1, 0.15) is 16.8 Å². The van der Waals surface area contributed by atoms with Crippen molar-refractivity contribution in [1.29, 1.82) is 5.26 Å². The van der Waals surface area contributed by atoms with Crippen molar-refractivity contribution in [1.82, 2.24) is 25.0 Å². The van der Waals surface area contributed by atoms with Gasteiger partial charge in [0.2, 0.25) is 0 Å². The van der Waals surface area contributed by atoms with E-state index in [1.807, 2.05) is 104 Å². The molecule has 0 bridgehead atoms. The summed E-state index contributed by atoms with van der Waals surface area (Å²) in [4.78, 5) is 26.0. The van der Waals surface area contributed by atoms with Gasteiger partial charge in [0, 0.05) is 22.9 Å². The van der Waals surface area contributed by atoms with Crippen LogP contribution in [-0.4, -0.2) is 31.7 Å². The van der Waals surface area contributed by atoms with Crippen LogP contribution in [-0.2, 0) is 11.3 Å². The van der Waals surface area contributed by atoms with Crippen molar-refractivity contribution in [3.63, 3.8) is 0 Å². The Morgan fingerprint density at radius 2 is 1.56 bits per heavy atom. The molecule has 0 atom stereocenters. The van der Waals surface area contributed by atoms with Crippen molar-refractivity contribution in [2.75, 3.05) is 0 Å². The van der Waals surface area contributed by atoms with Gasteiger partial charge in [0.15, 0.2) is 0 Å². The number of hydrogen-bond donors (Lipinski definition) is 1. The molecule has 0 aliphatic carbocycles. The predicted octanol–water partition coefficient (Wildman–Crippen LogP) is 4.09. The maximum Gasteiger partial charge on any atom is 0.285 e. The summed E-state index contributed by atoms with van der Waals surface area (Å²) in [7, 11) is 0. The lowest BCUT2D eigenvalue weighted by Crippen LogP contribution is -2.33. The first-order chi connectivity index (χ1) is 19.0. The van der Waals surface area contributed by atoms with Crippen LogP contribution in [0.5, 0.6) is 0 Å². The van der Waals surface area contributed by atoms with E-state index in [1.165, 1.54) is 6.21 Å². The molecule has 1 amide bonds. The van der Waals surface area contributed by atoms with E-state index in [1.54, 1.807) is 10.9 Å². The van der Waals surface area contributed by atoms with Gasteiger partial charge in [-0.15, -0.1) is 0 Å². The summed E-state index contributed by atoms with van der Waals surface area (Å²) >= 11 is 0. The number of nitrogens with zero attached hydrogens (tertiary/aromatic N) is 6. The van der Waals surface area contributed by atoms with Crippen molar-refractivity contribution >= 4 is 12.1 Å². The number of hydrazone groups is 1. The third kappa shape index (κ3) is 5.40. The molecule has 2 heterocycles. The third-order valence-corrected chi connectivity index (χ3v) is 6.02. The molecular formula is C30H23N7O2. The monoisotopic (exact) mass is 513 g/mol. The molecule has 0 spiro atoms. The van der Waals surface area contributed by atoms with Gasteiger partial charge in [0.25, 0.3) is 11.5 Å². The lowest BCUT2D eigenvalue weighted by molar-refractivity contribution is -0.121. The Morgan fingerprint density at radius 1 is 0.949 bits per heavy atom. The van der Waals surface area contributed by atoms with Crippen molar-refractivity contribution in [3.05, 3.63) is 124 Å². The Balaban J connectivity index is 1.42. The number of rotatable bonds is 7. The van der Waals surface area contributed by atoms with Crippen molar-refractivity contribution in [3.8, 4) is 34.1 Å². The quantitative estimate of drug-likeness (QED) is 0.260. The minimum absolute atomic E-state index is 0.0877. The van der Waals surface area contributed by atoms with Crippen molar-refractivity contribution in [2.45, 2.75) is 13.5 Å². The molecule has 0 unspecified atom stereocenters. The molecule has 3 aromatic carbocycles. The molecule has 9 nitrogen and oxygen atoms in total. The zero-order valence-corrected chi connectivity index (χ0v) is 21.0. The van der Waals surface area contributed by atoms with Gasteiger partial charge in [-0.05, 0) is 24.6 Å². The SMILES string of the molecule is Cc1nn(-c2ccccc2)cc1C=NNC(=O)Cn1nc(-c2ccccc2)c(-c2ccccc2)c(C#N)c1=O. The van der Waals surface area contributed by atoms with E-state index in [0.29, 0.717) is 22.4 Å². The molecule has 0 saturated heterocycles. The van der Waals surface area contributed by atoms with Crippen LogP contribution in [0, 0.1) is 18.3 Å². The number of aromatic nitrogens is 4. The molecular weight excluding hydrogens is 490 g/mol. The zero-order valence-electron chi connectivity index (χ0n) is 21.0. The van der Waals surface area contributed by atoms with Gasteiger partial charge < -0.3 is 0 Å². The number of benzene rings is 3. The summed E-state index contributed by atoms with van der Waals surface area (Å²) in [6.45, 7) is 1.43. The Labute approximate surface area is 224 Å². The number of carbonyl (C=O) groups is 1. The largest absolute Gasteiger partial charge is 0.285 e. The first kappa shape index (κ1) is 25.0. The van der Waals surface area contributed by atoms with Crippen molar-refractivity contribution in [2.24, 2.45) is 5.10 Å². The highest BCUT2D eigenvalue weighted by Crippen LogP contribution is 2.31. The molecule has 190 valence electrons. The number of para-hydroxylation sites is 1. The molecule has 1 N–H and O–H groups in total. The van der Waals surface area contributed by atoms with E-state index < -0.39 is 18.0 Å². The Hall–Kier alpha value is -5.62.